The van der Waals surface area contributed by atoms with Crippen LogP contribution in [0.5, 0.6) is 0 Å². The number of thioether (sulfide) groups is 1. The molecule has 9 atom stereocenters. The number of carbonyl (C=O) groups excluding carboxylic acids is 4. The van der Waals surface area contributed by atoms with Crippen molar-refractivity contribution < 1.29 is 71.3 Å². The second-order valence-electron chi connectivity index (χ2n) is 16.1. The van der Waals surface area contributed by atoms with Crippen LogP contribution in [0.3, 0.4) is 0 Å². The molecule has 3 aliphatic heterocycles. The molecule has 6 unspecified atom stereocenters. The van der Waals surface area contributed by atoms with Crippen LogP contribution in [-0.4, -0.2) is 138 Å². The van der Waals surface area contributed by atoms with Gasteiger partial charge in [0.2, 0.25) is 0 Å². The fourth-order valence-corrected chi connectivity index (χ4v) is 9.70. The standard InChI is InChI=1S/C40H71N3O15S2/c1-2-3-4-5-6-7-8-9-10-11-12-13-14-15-16-20-32(45)54-24-28(44)25-55-39-37(49)36(48)38(30(56-39)27-60(51,52)53)57-33(46)22-23-41-58-34(47)21-18-17-19-31-35-29(26-59-31)42-40(50)43-35/h28-31,35-39,41,44,48-49H,2-27H2,1H3,(H2,42,43,50)(H,51,52,53)/p-1/t28?,29-,30?,31-,35-,36?,37?,38?,39?/m0/s1. The first-order valence-electron chi connectivity index (χ1n) is 22.0. The average molecular weight is 897 g/mol. The zero-order chi connectivity index (χ0) is 43.8. The van der Waals surface area contributed by atoms with Gasteiger partial charge in [0.05, 0.1) is 41.0 Å². The van der Waals surface area contributed by atoms with Gasteiger partial charge in [-0.2, -0.15) is 17.2 Å². The predicted octanol–water partition coefficient (Wildman–Crippen LogP) is 3.24. The number of aliphatic hydroxyl groups is 3. The predicted molar refractivity (Wildman–Crippen MR) is 220 cm³/mol. The molecular weight excluding hydrogens is 827 g/mol. The first-order chi connectivity index (χ1) is 28.8. The van der Waals surface area contributed by atoms with Crippen molar-refractivity contribution in [1.29, 1.82) is 0 Å². The number of amides is 2. The number of urea groups is 1. The van der Waals surface area contributed by atoms with Crippen molar-refractivity contribution in [3.63, 3.8) is 0 Å². The number of fused-ring (bicyclic) bond motifs is 1. The summed E-state index contributed by atoms with van der Waals surface area (Å²) in [5.74, 6) is -2.44. The van der Waals surface area contributed by atoms with Crippen LogP contribution >= 0.6 is 11.8 Å². The molecule has 0 spiro atoms. The molecule has 0 aromatic heterocycles. The number of hydrogen-bond donors (Lipinski definition) is 6. The molecule has 348 valence electrons. The summed E-state index contributed by atoms with van der Waals surface area (Å²) in [6, 6.07) is 0.0445. The number of unbranched alkanes of at least 4 members (excludes halogenated alkanes) is 15. The molecule has 0 aromatic rings. The fraction of sp³-hybridized carbons (Fsp3) is 0.900. The van der Waals surface area contributed by atoms with E-state index in [2.05, 4.69) is 23.0 Å². The largest absolute Gasteiger partial charge is 0.748 e. The number of nitrogens with one attached hydrogen (secondary N) is 3. The minimum atomic E-state index is -4.99. The maximum absolute atomic E-state index is 12.6. The van der Waals surface area contributed by atoms with Gasteiger partial charge in [-0.15, -0.1) is 0 Å². The molecule has 0 aromatic carbocycles. The Morgan fingerprint density at radius 1 is 0.833 bits per heavy atom. The quantitative estimate of drug-likeness (QED) is 0.0138. The number of hydrogen-bond acceptors (Lipinski definition) is 17. The maximum Gasteiger partial charge on any atom is 0.324 e. The minimum absolute atomic E-state index is 0.0804. The van der Waals surface area contributed by atoms with Crippen molar-refractivity contribution >= 4 is 45.8 Å². The Kier molecular flexibility index (Phi) is 25.3. The van der Waals surface area contributed by atoms with E-state index in [1.165, 1.54) is 70.6 Å². The Hall–Kier alpha value is -2.30. The Balaban J connectivity index is 1.24. The molecule has 18 nitrogen and oxygen atoms in total. The van der Waals surface area contributed by atoms with Gasteiger partial charge < -0.3 is 54.3 Å². The summed E-state index contributed by atoms with van der Waals surface area (Å²) in [5.41, 5.74) is 2.35. The number of ether oxygens (including phenoxy) is 4. The van der Waals surface area contributed by atoms with Gasteiger partial charge in [0.15, 0.2) is 12.4 Å². The molecule has 0 saturated carbocycles. The van der Waals surface area contributed by atoms with E-state index in [4.69, 9.17) is 23.8 Å². The van der Waals surface area contributed by atoms with Crippen molar-refractivity contribution in [2.24, 2.45) is 0 Å². The normalized spacial score (nSPS) is 25.6. The first kappa shape index (κ1) is 52.0. The summed E-state index contributed by atoms with van der Waals surface area (Å²) in [7, 11) is -4.99. The SMILES string of the molecule is CCCCCCCCCCCCCCCCCC(=O)OCC(O)COC1OC(CS(=O)(=O)[O-])C(OC(=O)CCNOC(=O)CCCC[C@@H]2SC[C@@H]3NC(=O)N[C@@H]32)C(O)C1O. The summed E-state index contributed by atoms with van der Waals surface area (Å²) in [6.07, 6.45) is 9.59. The molecule has 6 N–H and O–H groups in total. The summed E-state index contributed by atoms with van der Waals surface area (Å²) in [4.78, 5) is 53.3. The molecule has 3 fully saturated rings. The fourth-order valence-electron chi connectivity index (χ4n) is 7.48. The summed E-state index contributed by atoms with van der Waals surface area (Å²) in [5, 5.41) is 37.8. The highest BCUT2D eigenvalue weighted by molar-refractivity contribution is 8.00. The number of aliphatic hydroxyl groups excluding tert-OH is 3. The topological polar surface area (TPSA) is 268 Å². The molecule has 3 heterocycles. The lowest BCUT2D eigenvalue weighted by Crippen LogP contribution is -2.61. The average Bonchev–Trinajstić information content (AvgIpc) is 3.76. The second-order valence-corrected chi connectivity index (χ2v) is 18.8. The first-order valence-corrected chi connectivity index (χ1v) is 24.6. The van der Waals surface area contributed by atoms with E-state index in [1.807, 2.05) is 0 Å². The van der Waals surface area contributed by atoms with Gasteiger partial charge in [-0.05, 0) is 19.3 Å². The lowest BCUT2D eigenvalue weighted by molar-refractivity contribution is -0.299. The van der Waals surface area contributed by atoms with Crippen LogP contribution in [0.4, 0.5) is 4.79 Å². The summed E-state index contributed by atoms with van der Waals surface area (Å²) < 4.78 is 56.0. The Morgan fingerprint density at radius 2 is 1.43 bits per heavy atom. The number of rotatable bonds is 33. The Morgan fingerprint density at radius 3 is 2.07 bits per heavy atom. The molecule has 0 radical (unpaired) electrons. The smallest absolute Gasteiger partial charge is 0.324 e. The van der Waals surface area contributed by atoms with Crippen LogP contribution < -0.4 is 16.1 Å². The highest BCUT2D eigenvalue weighted by Crippen LogP contribution is 2.33. The van der Waals surface area contributed by atoms with Gasteiger partial charge in [-0.25, -0.2) is 13.2 Å². The van der Waals surface area contributed by atoms with Crippen LogP contribution in [0.1, 0.15) is 142 Å². The van der Waals surface area contributed by atoms with Gasteiger partial charge in [0, 0.05) is 30.4 Å². The van der Waals surface area contributed by atoms with Crippen LogP contribution in [0.25, 0.3) is 0 Å². The highest BCUT2D eigenvalue weighted by atomic mass is 32.2. The van der Waals surface area contributed by atoms with E-state index >= 15 is 0 Å². The third kappa shape index (κ3) is 21.2. The number of esters is 2. The zero-order valence-corrected chi connectivity index (χ0v) is 36.8. The van der Waals surface area contributed by atoms with Gasteiger partial charge >= 0.3 is 23.9 Å². The molecular formula is C40H70N3O15S2-. The molecule has 3 rings (SSSR count). The molecule has 3 saturated heterocycles. The van der Waals surface area contributed by atoms with Crippen LogP contribution in [-0.2, 0) is 48.3 Å². The molecule has 0 bridgehead atoms. The zero-order valence-electron chi connectivity index (χ0n) is 35.1. The van der Waals surface area contributed by atoms with Gasteiger partial charge in [-0.3, -0.25) is 14.4 Å². The van der Waals surface area contributed by atoms with E-state index in [0.29, 0.717) is 12.8 Å². The highest BCUT2D eigenvalue weighted by Gasteiger charge is 2.48. The molecule has 0 aliphatic carbocycles. The van der Waals surface area contributed by atoms with Gasteiger partial charge in [-0.1, -0.05) is 103 Å². The molecule has 60 heavy (non-hydrogen) atoms. The van der Waals surface area contributed by atoms with Crippen LogP contribution in [0.2, 0.25) is 0 Å². The van der Waals surface area contributed by atoms with E-state index < -0.39 is 90.2 Å². The van der Waals surface area contributed by atoms with Crippen LogP contribution in [0, 0.1) is 0 Å². The number of carbonyl (C=O) groups is 4. The minimum Gasteiger partial charge on any atom is -0.748 e. The third-order valence-corrected chi connectivity index (χ3v) is 13.1. The summed E-state index contributed by atoms with van der Waals surface area (Å²) in [6.45, 7) is 1.05. The van der Waals surface area contributed by atoms with Crippen LogP contribution in [0.15, 0.2) is 0 Å². The van der Waals surface area contributed by atoms with Gasteiger partial charge in [0.25, 0.3) is 0 Å². The Bertz CT molecular complexity index is 1380. The van der Waals surface area contributed by atoms with E-state index in [-0.39, 0.29) is 42.8 Å². The lowest BCUT2D eigenvalue weighted by Gasteiger charge is -2.42. The van der Waals surface area contributed by atoms with Crippen molar-refractivity contribution in [2.75, 3.05) is 31.3 Å². The monoisotopic (exact) mass is 896 g/mol. The van der Waals surface area contributed by atoms with Crippen molar-refractivity contribution in [3.8, 4) is 0 Å². The molecule has 3 aliphatic rings. The van der Waals surface area contributed by atoms with E-state index in [0.717, 1.165) is 37.9 Å². The molecule has 20 heteroatoms. The molecule has 2 amide bonds. The summed E-state index contributed by atoms with van der Waals surface area (Å²) >= 11 is 1.78. The van der Waals surface area contributed by atoms with Crippen molar-refractivity contribution in [1.82, 2.24) is 16.1 Å². The third-order valence-electron chi connectivity index (χ3n) is 10.8. The lowest BCUT2D eigenvalue weighted by atomic mass is 9.99. The van der Waals surface area contributed by atoms with E-state index in [1.54, 1.807) is 11.8 Å². The Labute approximate surface area is 359 Å². The van der Waals surface area contributed by atoms with Crippen molar-refractivity contribution in [2.45, 2.75) is 196 Å². The maximum atomic E-state index is 12.6. The van der Waals surface area contributed by atoms with E-state index in [9.17, 15) is 47.5 Å². The number of hydroxylamine groups is 1. The second kappa shape index (κ2) is 29.1. The van der Waals surface area contributed by atoms with Crippen molar-refractivity contribution in [3.05, 3.63) is 0 Å². The van der Waals surface area contributed by atoms with Gasteiger partial charge in [0.1, 0.15) is 31.0 Å².